The van der Waals surface area contributed by atoms with E-state index in [4.69, 9.17) is 21.2 Å². The lowest BCUT2D eigenvalue weighted by Gasteiger charge is -1.97. The molecule has 5 nitrogen and oxygen atoms in total. The van der Waals surface area contributed by atoms with E-state index < -0.39 is 0 Å². The lowest BCUT2D eigenvalue weighted by Crippen LogP contribution is -1.92. The summed E-state index contributed by atoms with van der Waals surface area (Å²) < 4.78 is 4.99. The first kappa shape index (κ1) is 10.9. The smallest absolute Gasteiger partial charge is 0.257 e. The minimum atomic E-state index is -0.0324. The summed E-state index contributed by atoms with van der Waals surface area (Å²) in [5.41, 5.74) is 0.625. The number of aromatic nitrogens is 2. The molecule has 0 atom stereocenters. The van der Waals surface area contributed by atoms with Crippen molar-refractivity contribution >= 4 is 11.6 Å². The molecule has 1 aromatic heterocycles. The van der Waals surface area contributed by atoms with Crippen LogP contribution in [0.4, 0.5) is 0 Å². The lowest BCUT2D eigenvalue weighted by atomic mass is 10.2. The molecule has 0 radical (unpaired) electrons. The minimum absolute atomic E-state index is 0.000476. The molecule has 0 unspecified atom stereocenters. The Morgan fingerprint density at radius 2 is 2.19 bits per heavy atom. The van der Waals surface area contributed by atoms with Crippen molar-refractivity contribution in [3.8, 4) is 17.2 Å². The molecule has 2 N–H and O–H groups in total. The Labute approximate surface area is 96.3 Å². The van der Waals surface area contributed by atoms with Gasteiger partial charge in [-0.2, -0.15) is 4.98 Å². The average molecular weight is 241 g/mol. The second-order valence-corrected chi connectivity index (χ2v) is 3.56. The Morgan fingerprint density at radius 3 is 2.88 bits per heavy atom. The van der Waals surface area contributed by atoms with Crippen LogP contribution in [0.15, 0.2) is 22.7 Å². The van der Waals surface area contributed by atoms with Crippen molar-refractivity contribution in [1.82, 2.24) is 10.1 Å². The van der Waals surface area contributed by atoms with E-state index in [-0.39, 0.29) is 17.4 Å². The Bertz CT molecular complexity index is 499. The first-order chi connectivity index (χ1) is 7.70. The normalized spacial score (nSPS) is 10.6. The molecule has 2 aromatic rings. The molecule has 0 spiro atoms. The average Bonchev–Trinajstić information content (AvgIpc) is 2.71. The second kappa shape index (κ2) is 4.51. The van der Waals surface area contributed by atoms with Crippen LogP contribution in [0.2, 0.25) is 5.02 Å². The van der Waals surface area contributed by atoms with Gasteiger partial charge >= 0.3 is 0 Å². The highest BCUT2D eigenvalue weighted by Crippen LogP contribution is 2.28. The van der Waals surface area contributed by atoms with Gasteiger partial charge in [-0.3, -0.25) is 0 Å². The van der Waals surface area contributed by atoms with Gasteiger partial charge in [0.05, 0.1) is 11.6 Å². The number of halogens is 1. The van der Waals surface area contributed by atoms with Gasteiger partial charge in [0, 0.05) is 12.0 Å². The molecule has 2 rings (SSSR count). The summed E-state index contributed by atoms with van der Waals surface area (Å²) in [5.74, 6) is 0.743. The molecule has 1 aromatic carbocycles. The van der Waals surface area contributed by atoms with Crippen LogP contribution in [0.1, 0.15) is 5.82 Å². The topological polar surface area (TPSA) is 79.4 Å². The number of rotatable bonds is 3. The van der Waals surface area contributed by atoms with Gasteiger partial charge in [0.25, 0.3) is 5.89 Å². The van der Waals surface area contributed by atoms with Gasteiger partial charge in [0.1, 0.15) is 5.75 Å². The first-order valence-corrected chi connectivity index (χ1v) is 5.01. The Hall–Kier alpha value is -1.59. The fraction of sp³-hybridized carbons (Fsp3) is 0.200. The zero-order chi connectivity index (χ0) is 11.5. The fourth-order valence-corrected chi connectivity index (χ4v) is 1.39. The number of hydrogen-bond donors (Lipinski definition) is 2. The quantitative estimate of drug-likeness (QED) is 0.853. The van der Waals surface area contributed by atoms with Crippen molar-refractivity contribution in [2.75, 3.05) is 6.61 Å². The summed E-state index contributed by atoms with van der Waals surface area (Å²) >= 11 is 5.75. The summed E-state index contributed by atoms with van der Waals surface area (Å²) in [6.45, 7) is -0.0324. The zero-order valence-corrected chi connectivity index (χ0v) is 8.98. The van der Waals surface area contributed by atoms with Crippen LogP contribution in [0, 0.1) is 0 Å². The van der Waals surface area contributed by atoms with Crippen molar-refractivity contribution in [1.29, 1.82) is 0 Å². The largest absolute Gasteiger partial charge is 0.506 e. The second-order valence-electron chi connectivity index (χ2n) is 3.16. The van der Waals surface area contributed by atoms with Crippen molar-refractivity contribution in [3.63, 3.8) is 0 Å². The van der Waals surface area contributed by atoms with Crippen molar-refractivity contribution in [2.45, 2.75) is 6.42 Å². The summed E-state index contributed by atoms with van der Waals surface area (Å²) in [6, 6.07) is 4.61. The van der Waals surface area contributed by atoms with E-state index in [1.165, 1.54) is 12.1 Å². The monoisotopic (exact) mass is 240 g/mol. The number of phenols is 1. The third-order valence-electron chi connectivity index (χ3n) is 2.00. The van der Waals surface area contributed by atoms with E-state index in [1.54, 1.807) is 6.07 Å². The Kier molecular flexibility index (Phi) is 3.07. The fourth-order valence-electron chi connectivity index (χ4n) is 1.21. The molecule has 6 heteroatoms. The van der Waals surface area contributed by atoms with Crippen LogP contribution in [-0.4, -0.2) is 27.0 Å². The molecule has 0 saturated heterocycles. The molecular weight excluding hydrogens is 232 g/mol. The number of hydrogen-bond acceptors (Lipinski definition) is 5. The summed E-state index contributed by atoms with van der Waals surface area (Å²) in [7, 11) is 0. The SMILES string of the molecule is OCCc1noc(-c2ccc(O)c(Cl)c2)n1. The van der Waals surface area contributed by atoms with Crippen LogP contribution in [0.5, 0.6) is 5.75 Å². The number of aliphatic hydroxyl groups is 1. The lowest BCUT2D eigenvalue weighted by molar-refractivity contribution is 0.293. The molecule has 0 aliphatic carbocycles. The van der Waals surface area contributed by atoms with Gasteiger partial charge in [-0.05, 0) is 18.2 Å². The van der Waals surface area contributed by atoms with E-state index in [2.05, 4.69) is 10.1 Å². The predicted octanol–water partition coefficient (Wildman–Crippen LogP) is 1.63. The predicted molar refractivity (Wildman–Crippen MR) is 57.2 cm³/mol. The Morgan fingerprint density at radius 1 is 1.38 bits per heavy atom. The van der Waals surface area contributed by atoms with Crippen molar-refractivity contribution in [2.24, 2.45) is 0 Å². The summed E-state index contributed by atoms with van der Waals surface area (Å²) in [5, 5.41) is 21.9. The first-order valence-electron chi connectivity index (χ1n) is 4.63. The van der Waals surface area contributed by atoms with Crippen LogP contribution >= 0.6 is 11.6 Å². The number of aliphatic hydroxyl groups excluding tert-OH is 1. The van der Waals surface area contributed by atoms with E-state index in [0.29, 0.717) is 23.7 Å². The van der Waals surface area contributed by atoms with Crippen molar-refractivity contribution < 1.29 is 14.7 Å². The maximum Gasteiger partial charge on any atom is 0.257 e. The van der Waals surface area contributed by atoms with Crippen LogP contribution in [-0.2, 0) is 6.42 Å². The van der Waals surface area contributed by atoms with Gasteiger partial charge in [-0.1, -0.05) is 16.8 Å². The zero-order valence-electron chi connectivity index (χ0n) is 8.22. The maximum absolute atomic E-state index is 9.25. The van der Waals surface area contributed by atoms with Crippen LogP contribution in [0.25, 0.3) is 11.5 Å². The summed E-state index contributed by atoms with van der Waals surface area (Å²) in [6.07, 6.45) is 0.343. The van der Waals surface area contributed by atoms with E-state index in [1.807, 2.05) is 0 Å². The van der Waals surface area contributed by atoms with Crippen LogP contribution < -0.4 is 0 Å². The van der Waals surface area contributed by atoms with E-state index in [0.717, 1.165) is 0 Å². The van der Waals surface area contributed by atoms with Gasteiger partial charge in [-0.15, -0.1) is 0 Å². The highest BCUT2D eigenvalue weighted by molar-refractivity contribution is 6.32. The number of aromatic hydroxyl groups is 1. The molecular formula is C10H9ClN2O3. The molecule has 0 aliphatic heterocycles. The molecule has 1 heterocycles. The minimum Gasteiger partial charge on any atom is -0.506 e. The van der Waals surface area contributed by atoms with Crippen LogP contribution in [0.3, 0.4) is 0 Å². The number of nitrogens with zero attached hydrogens (tertiary/aromatic N) is 2. The molecule has 16 heavy (non-hydrogen) atoms. The molecule has 0 saturated carbocycles. The van der Waals surface area contributed by atoms with Crippen molar-refractivity contribution in [3.05, 3.63) is 29.0 Å². The molecule has 0 aliphatic rings. The van der Waals surface area contributed by atoms with Gasteiger partial charge < -0.3 is 14.7 Å². The molecule has 0 fully saturated rings. The molecule has 84 valence electrons. The summed E-state index contributed by atoms with van der Waals surface area (Å²) in [4.78, 5) is 4.06. The van der Waals surface area contributed by atoms with Gasteiger partial charge in [-0.25, -0.2) is 0 Å². The third-order valence-corrected chi connectivity index (χ3v) is 2.30. The van der Waals surface area contributed by atoms with E-state index in [9.17, 15) is 5.11 Å². The number of phenolic OH excluding ortho intramolecular Hbond substituents is 1. The Balaban J connectivity index is 2.31. The highest BCUT2D eigenvalue weighted by Gasteiger charge is 2.10. The van der Waals surface area contributed by atoms with Gasteiger partial charge in [0.15, 0.2) is 5.82 Å². The molecule has 0 bridgehead atoms. The van der Waals surface area contributed by atoms with Gasteiger partial charge in [0.2, 0.25) is 0 Å². The third kappa shape index (κ3) is 2.15. The molecule has 0 amide bonds. The highest BCUT2D eigenvalue weighted by atomic mass is 35.5. The maximum atomic E-state index is 9.25. The number of benzene rings is 1. The van der Waals surface area contributed by atoms with E-state index >= 15 is 0 Å². The standard InChI is InChI=1S/C10H9ClN2O3/c11-7-5-6(1-2-8(7)15)10-12-9(3-4-14)13-16-10/h1-2,5,14-15H,3-4H2.